The molecule has 7 nitrogen and oxygen atoms in total. The fourth-order valence-corrected chi connectivity index (χ4v) is 1.56. The van der Waals surface area contributed by atoms with Crippen molar-refractivity contribution in [1.82, 2.24) is 0 Å². The first-order valence-electron chi connectivity index (χ1n) is 5.86. The Kier molecular flexibility index (Phi) is 3.99. The van der Waals surface area contributed by atoms with E-state index < -0.39 is 11.9 Å². The second kappa shape index (κ2) is 5.87. The molecule has 0 radical (unpaired) electrons. The van der Waals surface area contributed by atoms with Crippen LogP contribution in [0.3, 0.4) is 0 Å². The van der Waals surface area contributed by atoms with Gasteiger partial charge in [-0.3, -0.25) is 14.4 Å². The van der Waals surface area contributed by atoms with E-state index in [1.54, 1.807) is 24.3 Å². The number of nitrogens with zero attached hydrogens (tertiary/aromatic N) is 2. The Morgan fingerprint density at radius 2 is 1.70 bits per heavy atom. The zero-order valence-electron chi connectivity index (χ0n) is 10.7. The van der Waals surface area contributed by atoms with Crippen molar-refractivity contribution < 1.29 is 14.4 Å². The molecule has 1 aromatic carbocycles. The molecular weight excluding hydrogens is 260 g/mol. The summed E-state index contributed by atoms with van der Waals surface area (Å²) >= 11 is 0. The summed E-state index contributed by atoms with van der Waals surface area (Å²) in [6.07, 6.45) is 2.59. The summed E-state index contributed by atoms with van der Waals surface area (Å²) in [5.41, 5.74) is 1.20. The second-order valence-electron chi connectivity index (χ2n) is 4.11. The molecule has 2 N–H and O–H groups in total. The van der Waals surface area contributed by atoms with Crippen molar-refractivity contribution in [3.63, 3.8) is 0 Å². The molecule has 0 saturated heterocycles. The van der Waals surface area contributed by atoms with Crippen molar-refractivity contribution in [3.05, 3.63) is 36.4 Å². The van der Waals surface area contributed by atoms with Gasteiger partial charge in [-0.15, -0.1) is 5.11 Å². The predicted octanol–water partition coefficient (Wildman–Crippen LogP) is 1.50. The van der Waals surface area contributed by atoms with Crippen LogP contribution in [0.5, 0.6) is 0 Å². The van der Waals surface area contributed by atoms with Crippen molar-refractivity contribution in [2.45, 2.75) is 13.0 Å². The molecule has 3 amide bonds. The van der Waals surface area contributed by atoms with Crippen LogP contribution in [-0.2, 0) is 14.4 Å². The smallest absolute Gasteiger partial charge is 0.287 e. The molecule has 102 valence electrons. The molecule has 0 aromatic heterocycles. The molecule has 0 bridgehead atoms. The highest BCUT2D eigenvalue weighted by Crippen LogP contribution is 2.14. The summed E-state index contributed by atoms with van der Waals surface area (Å²) in [5.74, 6) is -1.03. The average Bonchev–Trinajstić information content (AvgIpc) is 2.41. The largest absolute Gasteiger partial charge is 0.326 e. The van der Waals surface area contributed by atoms with Crippen LogP contribution < -0.4 is 10.6 Å². The molecule has 1 heterocycles. The number of anilines is 2. The lowest BCUT2D eigenvalue weighted by Gasteiger charge is -2.10. The van der Waals surface area contributed by atoms with Gasteiger partial charge in [0.25, 0.3) is 11.8 Å². The fourth-order valence-electron chi connectivity index (χ4n) is 1.56. The summed E-state index contributed by atoms with van der Waals surface area (Å²) in [7, 11) is 0. The topological polar surface area (TPSA) is 100.0 Å². The molecule has 1 atom stereocenters. The SMILES string of the molecule is CC(=O)Nc1ccc(NC(=O)C2C=CC(=O)N=N2)cc1. The van der Waals surface area contributed by atoms with E-state index in [9.17, 15) is 14.4 Å². The lowest BCUT2D eigenvalue weighted by atomic mass is 10.2. The first-order valence-corrected chi connectivity index (χ1v) is 5.86. The van der Waals surface area contributed by atoms with Crippen molar-refractivity contribution in [2.75, 3.05) is 10.6 Å². The summed E-state index contributed by atoms with van der Waals surface area (Å²) < 4.78 is 0. The minimum Gasteiger partial charge on any atom is -0.326 e. The van der Waals surface area contributed by atoms with Crippen molar-refractivity contribution in [1.29, 1.82) is 0 Å². The maximum absolute atomic E-state index is 11.8. The Hall–Kier alpha value is -2.83. The standard InChI is InChI=1S/C13H12N4O3/c1-8(18)14-9-2-4-10(5-3-9)15-13(20)11-6-7-12(19)17-16-11/h2-7,11H,1H3,(H,14,18)(H,15,20). The van der Waals surface area contributed by atoms with Crippen LogP contribution in [0.4, 0.5) is 11.4 Å². The van der Waals surface area contributed by atoms with Gasteiger partial charge in [0.15, 0.2) is 6.04 Å². The van der Waals surface area contributed by atoms with Crippen LogP contribution in [0.15, 0.2) is 46.6 Å². The molecule has 20 heavy (non-hydrogen) atoms. The molecule has 1 aliphatic heterocycles. The van der Waals surface area contributed by atoms with Crippen molar-refractivity contribution in [3.8, 4) is 0 Å². The number of rotatable bonds is 3. The zero-order chi connectivity index (χ0) is 14.5. The monoisotopic (exact) mass is 272 g/mol. The molecule has 1 aromatic rings. The third kappa shape index (κ3) is 3.58. The summed E-state index contributed by atoms with van der Waals surface area (Å²) in [6, 6.07) is 5.83. The number of carbonyl (C=O) groups excluding carboxylic acids is 3. The Labute approximate surface area is 114 Å². The van der Waals surface area contributed by atoms with Gasteiger partial charge in [0.1, 0.15) is 0 Å². The highest BCUT2D eigenvalue weighted by atomic mass is 16.2. The first-order chi connectivity index (χ1) is 9.54. The van der Waals surface area contributed by atoms with E-state index in [2.05, 4.69) is 20.9 Å². The number of benzene rings is 1. The third-order valence-electron chi connectivity index (χ3n) is 2.44. The maximum Gasteiger partial charge on any atom is 0.287 e. The van der Waals surface area contributed by atoms with Gasteiger partial charge in [-0.2, -0.15) is 5.11 Å². The van der Waals surface area contributed by atoms with E-state index in [1.165, 1.54) is 19.1 Å². The van der Waals surface area contributed by atoms with Crippen LogP contribution in [0.1, 0.15) is 6.92 Å². The van der Waals surface area contributed by atoms with E-state index in [0.717, 1.165) is 0 Å². The van der Waals surface area contributed by atoms with Crippen LogP contribution in [0, 0.1) is 0 Å². The molecular formula is C13H12N4O3. The Morgan fingerprint density at radius 3 is 2.20 bits per heavy atom. The van der Waals surface area contributed by atoms with Gasteiger partial charge >= 0.3 is 0 Å². The maximum atomic E-state index is 11.8. The third-order valence-corrected chi connectivity index (χ3v) is 2.44. The lowest BCUT2D eigenvalue weighted by Crippen LogP contribution is -2.25. The van der Waals surface area contributed by atoms with Crippen LogP contribution in [0.25, 0.3) is 0 Å². The highest BCUT2D eigenvalue weighted by molar-refractivity contribution is 5.99. The normalized spacial score (nSPS) is 16.9. The highest BCUT2D eigenvalue weighted by Gasteiger charge is 2.18. The molecule has 0 fully saturated rings. The number of azo groups is 1. The minimum atomic E-state index is -0.803. The van der Waals surface area contributed by atoms with E-state index in [-0.39, 0.29) is 11.8 Å². The zero-order valence-corrected chi connectivity index (χ0v) is 10.7. The summed E-state index contributed by atoms with van der Waals surface area (Å²) in [6.45, 7) is 1.41. The second-order valence-corrected chi connectivity index (χ2v) is 4.11. The van der Waals surface area contributed by atoms with Crippen LogP contribution in [0.2, 0.25) is 0 Å². The minimum absolute atomic E-state index is 0.167. The van der Waals surface area contributed by atoms with Crippen LogP contribution in [-0.4, -0.2) is 23.8 Å². The van der Waals surface area contributed by atoms with Gasteiger partial charge in [0, 0.05) is 24.4 Å². The quantitative estimate of drug-likeness (QED) is 0.871. The fraction of sp³-hybridized carbons (Fsp3) is 0.154. The van der Waals surface area contributed by atoms with E-state index >= 15 is 0 Å². The Morgan fingerprint density at radius 1 is 1.10 bits per heavy atom. The number of amides is 3. The van der Waals surface area contributed by atoms with E-state index in [1.807, 2.05) is 0 Å². The number of nitrogens with one attached hydrogen (secondary N) is 2. The van der Waals surface area contributed by atoms with Gasteiger partial charge in [-0.05, 0) is 30.3 Å². The summed E-state index contributed by atoms with van der Waals surface area (Å²) in [5, 5.41) is 12.2. The Bertz CT molecular complexity index is 589. The molecule has 0 saturated carbocycles. The predicted molar refractivity (Wildman–Crippen MR) is 72.2 cm³/mol. The average molecular weight is 272 g/mol. The van der Waals surface area contributed by atoms with Gasteiger partial charge < -0.3 is 10.6 Å². The van der Waals surface area contributed by atoms with Crippen molar-refractivity contribution >= 4 is 29.1 Å². The lowest BCUT2D eigenvalue weighted by molar-refractivity contribution is -0.117. The molecule has 0 spiro atoms. The van der Waals surface area contributed by atoms with Gasteiger partial charge in [-0.25, -0.2) is 0 Å². The molecule has 1 unspecified atom stereocenters. The number of hydrogen-bond acceptors (Lipinski definition) is 4. The first kappa shape index (κ1) is 13.6. The number of carbonyl (C=O) groups is 3. The molecule has 0 aliphatic carbocycles. The Balaban J connectivity index is 1.98. The summed E-state index contributed by atoms with van der Waals surface area (Å²) in [4.78, 5) is 33.5. The van der Waals surface area contributed by atoms with Crippen LogP contribution >= 0.6 is 0 Å². The van der Waals surface area contributed by atoms with Gasteiger partial charge in [0.2, 0.25) is 5.91 Å². The number of hydrogen-bond donors (Lipinski definition) is 2. The van der Waals surface area contributed by atoms with Gasteiger partial charge in [-0.1, -0.05) is 0 Å². The van der Waals surface area contributed by atoms with Crippen molar-refractivity contribution in [2.24, 2.45) is 10.2 Å². The molecule has 1 aliphatic rings. The van der Waals surface area contributed by atoms with Gasteiger partial charge in [0.05, 0.1) is 0 Å². The molecule has 2 rings (SSSR count). The molecule has 7 heteroatoms. The van der Waals surface area contributed by atoms with E-state index in [4.69, 9.17) is 0 Å². The van der Waals surface area contributed by atoms with E-state index in [0.29, 0.717) is 11.4 Å².